The summed E-state index contributed by atoms with van der Waals surface area (Å²) in [5.41, 5.74) is 1.55. The number of para-hydroxylation sites is 1. The van der Waals surface area contributed by atoms with Crippen molar-refractivity contribution in [1.82, 2.24) is 4.72 Å². The van der Waals surface area contributed by atoms with Gasteiger partial charge < -0.3 is 15.7 Å². The Morgan fingerprint density at radius 3 is 2.52 bits per heavy atom. The summed E-state index contributed by atoms with van der Waals surface area (Å²) in [4.78, 5) is 12.0. The highest BCUT2D eigenvalue weighted by Gasteiger charge is 2.23. The summed E-state index contributed by atoms with van der Waals surface area (Å²) in [5, 5.41) is 16.5. The lowest BCUT2D eigenvalue weighted by molar-refractivity contribution is 0.262. The number of rotatable bonds is 5. The molecule has 0 saturated heterocycles. The molecule has 0 aliphatic rings. The first-order chi connectivity index (χ1) is 10.8. The lowest BCUT2D eigenvalue weighted by atomic mass is 10.2. The predicted molar refractivity (Wildman–Crippen MR) is 90.7 cm³/mol. The number of benzene rings is 1. The van der Waals surface area contributed by atoms with Gasteiger partial charge in [-0.2, -0.15) is 0 Å². The SMILES string of the molecule is CCNS(=O)(=O)c1scc(NC(=O)Nc2ccccc2C)c1O. The zero-order valence-corrected chi connectivity index (χ0v) is 14.2. The molecule has 2 amide bonds. The molecular formula is C14H17N3O4S2. The third-order valence-corrected chi connectivity index (χ3v) is 6.01. The second-order valence-corrected chi connectivity index (χ2v) is 7.52. The Hall–Kier alpha value is -2.10. The van der Waals surface area contributed by atoms with Crippen LogP contribution in [0.25, 0.3) is 0 Å². The Bertz CT molecular complexity index is 815. The smallest absolute Gasteiger partial charge is 0.323 e. The summed E-state index contributed by atoms with van der Waals surface area (Å²) in [6, 6.07) is 6.65. The van der Waals surface area contributed by atoms with Crippen LogP contribution in [-0.4, -0.2) is 26.1 Å². The van der Waals surface area contributed by atoms with Gasteiger partial charge >= 0.3 is 6.03 Å². The lowest BCUT2D eigenvalue weighted by Crippen LogP contribution is -2.22. The number of carbonyl (C=O) groups excluding carboxylic acids is 1. The van der Waals surface area contributed by atoms with Gasteiger partial charge in [0.25, 0.3) is 10.0 Å². The maximum Gasteiger partial charge on any atom is 0.323 e. The first-order valence-electron chi connectivity index (χ1n) is 6.79. The molecule has 9 heteroatoms. The van der Waals surface area contributed by atoms with Gasteiger partial charge in [-0.05, 0) is 18.6 Å². The molecule has 0 aliphatic heterocycles. The van der Waals surface area contributed by atoms with Crippen molar-refractivity contribution in [3.8, 4) is 5.75 Å². The summed E-state index contributed by atoms with van der Waals surface area (Å²) in [5.74, 6) is -0.476. The number of thiophene rings is 1. The molecule has 0 spiro atoms. The van der Waals surface area contributed by atoms with Crippen molar-refractivity contribution in [2.24, 2.45) is 0 Å². The van der Waals surface area contributed by atoms with E-state index in [1.165, 1.54) is 5.38 Å². The number of sulfonamides is 1. The van der Waals surface area contributed by atoms with Crippen LogP contribution in [0.3, 0.4) is 0 Å². The minimum atomic E-state index is -3.77. The average molecular weight is 355 g/mol. The van der Waals surface area contributed by atoms with Crippen molar-refractivity contribution >= 4 is 38.8 Å². The molecule has 0 radical (unpaired) electrons. The zero-order valence-electron chi connectivity index (χ0n) is 12.6. The molecule has 0 fully saturated rings. The van der Waals surface area contributed by atoms with Gasteiger partial charge in [0.1, 0.15) is 0 Å². The largest absolute Gasteiger partial charge is 0.504 e. The van der Waals surface area contributed by atoms with E-state index in [1.54, 1.807) is 19.1 Å². The van der Waals surface area contributed by atoms with Crippen LogP contribution in [0.1, 0.15) is 12.5 Å². The molecule has 7 nitrogen and oxygen atoms in total. The monoisotopic (exact) mass is 355 g/mol. The molecule has 0 saturated carbocycles. The first-order valence-corrected chi connectivity index (χ1v) is 9.15. The fourth-order valence-electron chi connectivity index (χ4n) is 1.86. The summed E-state index contributed by atoms with van der Waals surface area (Å²) >= 11 is 0.832. The van der Waals surface area contributed by atoms with E-state index in [4.69, 9.17) is 0 Å². The minimum Gasteiger partial charge on any atom is -0.504 e. The number of hydrogen-bond donors (Lipinski definition) is 4. The van der Waals surface area contributed by atoms with Crippen LogP contribution in [-0.2, 0) is 10.0 Å². The standard InChI is InChI=1S/C14H17N3O4S2/c1-3-15-23(20,21)13-12(18)11(8-22-13)17-14(19)16-10-7-5-4-6-9(10)2/h4-8,15,18H,3H2,1-2H3,(H2,16,17,19). The van der Waals surface area contributed by atoms with E-state index in [9.17, 15) is 18.3 Å². The lowest BCUT2D eigenvalue weighted by Gasteiger charge is -2.09. The third-order valence-electron chi connectivity index (χ3n) is 2.95. The Morgan fingerprint density at radius 2 is 1.87 bits per heavy atom. The van der Waals surface area contributed by atoms with E-state index in [2.05, 4.69) is 15.4 Å². The maximum absolute atomic E-state index is 12.0. The summed E-state index contributed by atoms with van der Waals surface area (Å²) in [6.45, 7) is 3.69. The zero-order chi connectivity index (χ0) is 17.0. The molecule has 1 heterocycles. The van der Waals surface area contributed by atoms with Crippen molar-refractivity contribution in [3.05, 3.63) is 35.2 Å². The van der Waals surface area contributed by atoms with Crippen LogP contribution >= 0.6 is 11.3 Å². The highest BCUT2D eigenvalue weighted by molar-refractivity contribution is 7.91. The van der Waals surface area contributed by atoms with Gasteiger partial charge in [-0.15, -0.1) is 11.3 Å². The van der Waals surface area contributed by atoms with Gasteiger partial charge in [0.15, 0.2) is 9.96 Å². The van der Waals surface area contributed by atoms with Crippen LogP contribution < -0.4 is 15.4 Å². The second kappa shape index (κ2) is 6.99. The van der Waals surface area contributed by atoms with Gasteiger partial charge in [0.2, 0.25) is 0 Å². The highest BCUT2D eigenvalue weighted by atomic mass is 32.2. The van der Waals surface area contributed by atoms with Crippen molar-refractivity contribution in [2.45, 2.75) is 18.1 Å². The van der Waals surface area contributed by atoms with Crippen molar-refractivity contribution < 1.29 is 18.3 Å². The molecule has 2 aromatic rings. The van der Waals surface area contributed by atoms with E-state index in [0.717, 1.165) is 16.9 Å². The Morgan fingerprint density at radius 1 is 1.22 bits per heavy atom. The summed E-state index contributed by atoms with van der Waals surface area (Å²) in [6.07, 6.45) is 0. The molecule has 0 atom stereocenters. The third kappa shape index (κ3) is 4.01. The molecule has 1 aromatic carbocycles. The maximum atomic E-state index is 12.0. The van der Waals surface area contributed by atoms with Crippen LogP contribution in [0.15, 0.2) is 33.9 Å². The number of aromatic hydroxyl groups is 1. The van der Waals surface area contributed by atoms with Gasteiger partial charge in [0, 0.05) is 17.6 Å². The number of nitrogens with one attached hydrogen (secondary N) is 3. The number of carbonyl (C=O) groups is 1. The number of amides is 2. The van der Waals surface area contributed by atoms with Gasteiger partial charge in [-0.25, -0.2) is 17.9 Å². The van der Waals surface area contributed by atoms with Gasteiger partial charge in [-0.3, -0.25) is 0 Å². The van der Waals surface area contributed by atoms with E-state index in [0.29, 0.717) is 5.69 Å². The second-order valence-electron chi connectivity index (χ2n) is 4.68. The Balaban J connectivity index is 2.14. The fourth-order valence-corrected chi connectivity index (χ4v) is 4.18. The van der Waals surface area contributed by atoms with E-state index >= 15 is 0 Å². The molecule has 0 unspecified atom stereocenters. The molecule has 23 heavy (non-hydrogen) atoms. The molecule has 2 rings (SSSR count). The molecule has 0 aliphatic carbocycles. The normalized spacial score (nSPS) is 11.2. The number of aryl methyl sites for hydroxylation is 1. The van der Waals surface area contributed by atoms with Gasteiger partial charge in [0.05, 0.1) is 5.69 Å². The number of hydrogen-bond acceptors (Lipinski definition) is 5. The van der Waals surface area contributed by atoms with Crippen molar-refractivity contribution in [2.75, 3.05) is 17.2 Å². The fraction of sp³-hybridized carbons (Fsp3) is 0.214. The van der Waals surface area contributed by atoms with Crippen LogP contribution in [0, 0.1) is 6.92 Å². The highest BCUT2D eigenvalue weighted by Crippen LogP contribution is 2.37. The predicted octanol–water partition coefficient (Wildman–Crippen LogP) is 2.70. The van der Waals surface area contributed by atoms with E-state index in [1.807, 2.05) is 19.1 Å². The van der Waals surface area contributed by atoms with Crippen molar-refractivity contribution in [3.63, 3.8) is 0 Å². The van der Waals surface area contributed by atoms with Crippen molar-refractivity contribution in [1.29, 1.82) is 0 Å². The summed E-state index contributed by atoms with van der Waals surface area (Å²) in [7, 11) is -3.77. The average Bonchev–Trinajstić information content (AvgIpc) is 2.83. The minimum absolute atomic E-state index is 0.0394. The number of anilines is 2. The molecule has 1 aromatic heterocycles. The van der Waals surface area contributed by atoms with Gasteiger partial charge in [-0.1, -0.05) is 25.1 Å². The van der Waals surface area contributed by atoms with E-state index < -0.39 is 21.8 Å². The molecule has 124 valence electrons. The van der Waals surface area contributed by atoms with Crippen LogP contribution in [0.5, 0.6) is 5.75 Å². The first kappa shape index (κ1) is 17.3. The Kier molecular flexibility index (Phi) is 5.24. The molecule has 4 N–H and O–H groups in total. The van der Waals surface area contributed by atoms with E-state index in [-0.39, 0.29) is 16.4 Å². The Labute approximate surface area is 138 Å². The number of urea groups is 1. The topological polar surface area (TPSA) is 108 Å². The molecular weight excluding hydrogens is 338 g/mol. The summed E-state index contributed by atoms with van der Waals surface area (Å²) < 4.78 is 25.9. The quantitative estimate of drug-likeness (QED) is 0.661. The van der Waals surface area contributed by atoms with Crippen LogP contribution in [0.2, 0.25) is 0 Å². The molecule has 0 bridgehead atoms. The van der Waals surface area contributed by atoms with Crippen LogP contribution in [0.4, 0.5) is 16.2 Å².